The average molecular weight is 256 g/mol. The molecule has 0 bridgehead atoms. The number of benzene rings is 1. The smallest absolute Gasteiger partial charge is 0.252 e. The molecule has 0 radical (unpaired) electrons. The van der Waals surface area contributed by atoms with Gasteiger partial charge < -0.3 is 11.1 Å². The Kier molecular flexibility index (Phi) is 3.43. The predicted molar refractivity (Wildman–Crippen MR) is 68.9 cm³/mol. The first-order chi connectivity index (χ1) is 9.10. The molecule has 0 aliphatic rings. The molecule has 7 nitrogen and oxygen atoms in total. The fourth-order valence-corrected chi connectivity index (χ4v) is 1.45. The lowest BCUT2D eigenvalue weighted by Crippen LogP contribution is -2.24. The van der Waals surface area contributed by atoms with Crippen LogP contribution in [-0.2, 0) is 4.79 Å². The van der Waals surface area contributed by atoms with Crippen molar-refractivity contribution in [2.75, 3.05) is 11.1 Å². The number of carbonyl (C=O) groups is 1. The van der Waals surface area contributed by atoms with E-state index in [-0.39, 0.29) is 11.7 Å². The maximum Gasteiger partial charge on any atom is 0.252 e. The summed E-state index contributed by atoms with van der Waals surface area (Å²) < 4.78 is 1.34. The lowest BCUT2D eigenvalue weighted by atomic mass is 10.2. The molecule has 0 aliphatic heterocycles. The molecule has 0 saturated heterocycles. The van der Waals surface area contributed by atoms with Crippen molar-refractivity contribution in [3.05, 3.63) is 36.4 Å². The minimum absolute atomic E-state index is 0.0344. The molecule has 0 saturated carbocycles. The summed E-state index contributed by atoms with van der Waals surface area (Å²) >= 11 is 0. The molecular formula is C12H12N6O. The number of nitrogen functional groups attached to an aromatic ring is 1. The van der Waals surface area contributed by atoms with Crippen LogP contribution in [0.25, 0.3) is 0 Å². The maximum atomic E-state index is 12.0. The van der Waals surface area contributed by atoms with Gasteiger partial charge in [-0.2, -0.15) is 5.26 Å². The summed E-state index contributed by atoms with van der Waals surface area (Å²) in [7, 11) is 0. The Balaban J connectivity index is 2.07. The molecule has 1 amide bonds. The fraction of sp³-hybridized carbons (Fsp3) is 0.167. The van der Waals surface area contributed by atoms with Gasteiger partial charge in [-0.05, 0) is 31.2 Å². The average Bonchev–Trinajstić information content (AvgIpc) is 2.89. The van der Waals surface area contributed by atoms with Gasteiger partial charge in [0.15, 0.2) is 0 Å². The molecule has 0 spiro atoms. The van der Waals surface area contributed by atoms with E-state index in [2.05, 4.69) is 15.4 Å². The van der Waals surface area contributed by atoms with Crippen molar-refractivity contribution in [1.29, 1.82) is 5.26 Å². The van der Waals surface area contributed by atoms with Gasteiger partial charge in [0.25, 0.3) is 5.82 Å². The monoisotopic (exact) mass is 256 g/mol. The summed E-state index contributed by atoms with van der Waals surface area (Å²) in [6.07, 6.45) is 1.35. The van der Waals surface area contributed by atoms with E-state index >= 15 is 0 Å². The van der Waals surface area contributed by atoms with Crippen LogP contribution in [0.2, 0.25) is 0 Å². The first kappa shape index (κ1) is 12.6. The van der Waals surface area contributed by atoms with Crippen molar-refractivity contribution in [2.24, 2.45) is 0 Å². The van der Waals surface area contributed by atoms with Crippen LogP contribution in [0.1, 0.15) is 18.8 Å². The number of hydrogen-bond acceptors (Lipinski definition) is 5. The fourth-order valence-electron chi connectivity index (χ4n) is 1.45. The second kappa shape index (κ2) is 5.18. The van der Waals surface area contributed by atoms with Crippen LogP contribution in [0.3, 0.4) is 0 Å². The lowest BCUT2D eigenvalue weighted by molar-refractivity contribution is -0.119. The zero-order valence-electron chi connectivity index (χ0n) is 10.2. The standard InChI is InChI=1S/C12H12N6O/c1-8(18-7-15-11(6-13)17-18)12(19)16-10-4-2-9(14)3-5-10/h2-5,7-8H,14H2,1H3,(H,16,19). The maximum absolute atomic E-state index is 12.0. The van der Waals surface area contributed by atoms with Crippen molar-refractivity contribution in [2.45, 2.75) is 13.0 Å². The number of nitrogens with zero attached hydrogens (tertiary/aromatic N) is 4. The highest BCUT2D eigenvalue weighted by Crippen LogP contribution is 2.13. The third-order valence-corrected chi connectivity index (χ3v) is 2.56. The lowest BCUT2D eigenvalue weighted by Gasteiger charge is -2.12. The molecule has 19 heavy (non-hydrogen) atoms. The highest BCUT2D eigenvalue weighted by atomic mass is 16.2. The number of nitrogens with one attached hydrogen (secondary N) is 1. The van der Waals surface area contributed by atoms with E-state index in [0.717, 1.165) is 0 Å². The molecule has 3 N–H and O–H groups in total. The molecule has 1 aromatic carbocycles. The van der Waals surface area contributed by atoms with Crippen molar-refractivity contribution in [3.8, 4) is 6.07 Å². The van der Waals surface area contributed by atoms with Gasteiger partial charge in [0, 0.05) is 11.4 Å². The van der Waals surface area contributed by atoms with E-state index in [1.54, 1.807) is 31.2 Å². The Bertz CT molecular complexity index is 624. The molecule has 2 rings (SSSR count). The number of hydrogen-bond donors (Lipinski definition) is 2. The number of anilines is 2. The number of nitrogens with two attached hydrogens (primary N) is 1. The summed E-state index contributed by atoms with van der Waals surface area (Å²) in [5, 5.41) is 15.2. The van der Waals surface area contributed by atoms with E-state index in [0.29, 0.717) is 11.4 Å². The summed E-state index contributed by atoms with van der Waals surface area (Å²) in [6.45, 7) is 1.67. The van der Waals surface area contributed by atoms with Crippen LogP contribution < -0.4 is 11.1 Å². The number of nitriles is 1. The normalized spacial score (nSPS) is 11.6. The van der Waals surface area contributed by atoms with Gasteiger partial charge in [-0.25, -0.2) is 9.67 Å². The van der Waals surface area contributed by atoms with E-state index in [1.165, 1.54) is 11.0 Å². The van der Waals surface area contributed by atoms with Crippen LogP contribution >= 0.6 is 0 Å². The van der Waals surface area contributed by atoms with E-state index < -0.39 is 6.04 Å². The predicted octanol–water partition coefficient (Wildman–Crippen LogP) is 0.932. The van der Waals surface area contributed by atoms with Gasteiger partial charge in [0.2, 0.25) is 5.91 Å². The molecule has 0 aliphatic carbocycles. The molecule has 1 heterocycles. The molecular weight excluding hydrogens is 244 g/mol. The van der Waals surface area contributed by atoms with E-state index in [4.69, 9.17) is 11.0 Å². The molecule has 1 atom stereocenters. The molecule has 0 fully saturated rings. The van der Waals surface area contributed by atoms with Crippen molar-refractivity contribution in [1.82, 2.24) is 14.8 Å². The summed E-state index contributed by atoms with van der Waals surface area (Å²) in [5.41, 5.74) is 6.83. The minimum atomic E-state index is -0.563. The molecule has 2 aromatic rings. The minimum Gasteiger partial charge on any atom is -0.399 e. The second-order valence-corrected chi connectivity index (χ2v) is 3.95. The summed E-state index contributed by atoms with van der Waals surface area (Å²) in [6, 6.07) is 8.06. The Labute approximate surface area is 109 Å². The molecule has 1 unspecified atom stereocenters. The number of carbonyl (C=O) groups excluding carboxylic acids is 1. The summed E-state index contributed by atoms with van der Waals surface area (Å²) in [5.74, 6) is -0.216. The Hall–Kier alpha value is -2.88. The summed E-state index contributed by atoms with van der Waals surface area (Å²) in [4.78, 5) is 15.7. The first-order valence-corrected chi connectivity index (χ1v) is 5.58. The quantitative estimate of drug-likeness (QED) is 0.794. The topological polar surface area (TPSA) is 110 Å². The van der Waals surface area contributed by atoms with Crippen LogP contribution in [0, 0.1) is 11.3 Å². The molecule has 7 heteroatoms. The first-order valence-electron chi connectivity index (χ1n) is 5.58. The van der Waals surface area contributed by atoms with E-state index in [1.807, 2.05) is 6.07 Å². The van der Waals surface area contributed by atoms with E-state index in [9.17, 15) is 4.79 Å². The van der Waals surface area contributed by atoms with Gasteiger partial charge in [0.05, 0.1) is 0 Å². The van der Waals surface area contributed by atoms with Crippen molar-refractivity contribution >= 4 is 17.3 Å². The van der Waals surface area contributed by atoms with Crippen LogP contribution in [0.15, 0.2) is 30.6 Å². The van der Waals surface area contributed by atoms with Gasteiger partial charge in [-0.3, -0.25) is 4.79 Å². The van der Waals surface area contributed by atoms with Gasteiger partial charge in [-0.1, -0.05) is 0 Å². The number of aromatic nitrogens is 3. The highest BCUT2D eigenvalue weighted by Gasteiger charge is 2.16. The largest absolute Gasteiger partial charge is 0.399 e. The second-order valence-electron chi connectivity index (χ2n) is 3.95. The van der Waals surface area contributed by atoms with Crippen molar-refractivity contribution < 1.29 is 4.79 Å². The molecule has 96 valence electrons. The SMILES string of the molecule is CC(C(=O)Nc1ccc(N)cc1)n1cnc(C#N)n1. The zero-order chi connectivity index (χ0) is 13.8. The zero-order valence-corrected chi connectivity index (χ0v) is 10.2. The third-order valence-electron chi connectivity index (χ3n) is 2.56. The van der Waals surface area contributed by atoms with Gasteiger partial charge in [-0.15, -0.1) is 5.10 Å². The van der Waals surface area contributed by atoms with Gasteiger partial charge in [0.1, 0.15) is 18.4 Å². The Morgan fingerprint density at radius 3 is 2.74 bits per heavy atom. The van der Waals surface area contributed by atoms with Crippen LogP contribution in [0.4, 0.5) is 11.4 Å². The van der Waals surface area contributed by atoms with Crippen LogP contribution in [-0.4, -0.2) is 20.7 Å². The number of amides is 1. The van der Waals surface area contributed by atoms with Gasteiger partial charge >= 0.3 is 0 Å². The van der Waals surface area contributed by atoms with Crippen LogP contribution in [0.5, 0.6) is 0 Å². The third kappa shape index (κ3) is 2.87. The highest BCUT2D eigenvalue weighted by molar-refractivity contribution is 5.93. The molecule has 1 aromatic heterocycles. The Morgan fingerprint density at radius 1 is 1.47 bits per heavy atom. The Morgan fingerprint density at radius 2 is 2.16 bits per heavy atom. The number of rotatable bonds is 3. The van der Waals surface area contributed by atoms with Crippen molar-refractivity contribution in [3.63, 3.8) is 0 Å².